The number of ether oxygens (including phenoxy) is 1. The minimum Gasteiger partial charge on any atom is -0.487 e. The van der Waals surface area contributed by atoms with Crippen molar-refractivity contribution in [1.29, 1.82) is 10.7 Å². The van der Waals surface area contributed by atoms with Crippen molar-refractivity contribution in [1.82, 2.24) is 0 Å². The molecule has 2 N–H and O–H groups in total. The second-order valence-electron chi connectivity index (χ2n) is 4.26. The molecule has 0 spiro atoms. The smallest absolute Gasteiger partial charge is 0.130 e. The second kappa shape index (κ2) is 17.2. The summed E-state index contributed by atoms with van der Waals surface area (Å²) >= 11 is 0. The molecule has 0 unspecified atom stereocenters. The van der Waals surface area contributed by atoms with Crippen molar-refractivity contribution in [3.05, 3.63) is 65.2 Å². The first-order valence-electron chi connectivity index (χ1n) is 9.13. The zero-order valence-electron chi connectivity index (χ0n) is 16.8. The zero-order valence-corrected chi connectivity index (χ0v) is 16.8. The van der Waals surface area contributed by atoms with Gasteiger partial charge in [0.25, 0.3) is 0 Å². The van der Waals surface area contributed by atoms with Crippen LogP contribution < -0.4 is 4.74 Å². The third-order valence-corrected chi connectivity index (χ3v) is 2.85. The molecule has 0 fully saturated rings. The van der Waals surface area contributed by atoms with Gasteiger partial charge in [0, 0.05) is 0 Å². The summed E-state index contributed by atoms with van der Waals surface area (Å²) < 4.78 is 5.51. The lowest BCUT2D eigenvalue weighted by atomic mass is 10.1. The van der Waals surface area contributed by atoms with Crippen LogP contribution in [-0.2, 0) is 6.61 Å². The maximum absolute atomic E-state index is 8.94. The number of rotatable bonds is 5. The van der Waals surface area contributed by atoms with Gasteiger partial charge in [0.1, 0.15) is 12.4 Å². The standard InChI is InChI=1S/C16H14N2O2.3C2H6/c17-9-12-1-5-14(6-2-12)16(18)11-20-15-7-3-13(10-19)4-8-15;3*1-2/h1-8,18-19H,10-11H2;3*1-2H3. The van der Waals surface area contributed by atoms with Crippen molar-refractivity contribution < 1.29 is 9.84 Å². The average molecular weight is 357 g/mol. The van der Waals surface area contributed by atoms with Crippen LogP contribution in [0, 0.1) is 16.7 Å². The number of hydrogen-bond acceptors (Lipinski definition) is 4. The highest BCUT2D eigenvalue weighted by molar-refractivity contribution is 5.99. The first kappa shape index (κ1) is 25.6. The molecule has 0 aliphatic carbocycles. The predicted octanol–water partition coefficient (Wildman–Crippen LogP) is 5.58. The number of hydrogen-bond donors (Lipinski definition) is 2. The van der Waals surface area contributed by atoms with Crippen LogP contribution >= 0.6 is 0 Å². The summed E-state index contributed by atoms with van der Waals surface area (Å²) in [6, 6.07) is 16.0. The molecule has 0 radical (unpaired) electrons. The van der Waals surface area contributed by atoms with Gasteiger partial charge < -0.3 is 15.3 Å². The van der Waals surface area contributed by atoms with Gasteiger partial charge in [0.05, 0.1) is 24.0 Å². The number of benzene rings is 2. The highest BCUT2D eigenvalue weighted by atomic mass is 16.5. The third-order valence-electron chi connectivity index (χ3n) is 2.85. The fourth-order valence-electron chi connectivity index (χ4n) is 1.68. The molecule has 142 valence electrons. The van der Waals surface area contributed by atoms with Crippen molar-refractivity contribution in [2.24, 2.45) is 0 Å². The molecule has 0 saturated heterocycles. The van der Waals surface area contributed by atoms with Crippen LogP contribution in [-0.4, -0.2) is 17.4 Å². The highest BCUT2D eigenvalue weighted by Gasteiger charge is 2.03. The fraction of sp³-hybridized carbons (Fsp3) is 0.364. The van der Waals surface area contributed by atoms with Crippen LogP contribution in [0.1, 0.15) is 58.2 Å². The Bertz CT molecular complexity index is 627. The van der Waals surface area contributed by atoms with E-state index in [0.29, 0.717) is 17.0 Å². The van der Waals surface area contributed by atoms with Crippen LogP contribution in [0.15, 0.2) is 48.5 Å². The summed E-state index contributed by atoms with van der Waals surface area (Å²) in [6.07, 6.45) is 0. The Labute approximate surface area is 158 Å². The van der Waals surface area contributed by atoms with Gasteiger partial charge in [-0.15, -0.1) is 0 Å². The van der Waals surface area contributed by atoms with Gasteiger partial charge in [-0.25, -0.2) is 0 Å². The maximum Gasteiger partial charge on any atom is 0.130 e. The molecular weight excluding hydrogens is 324 g/mol. The number of nitrogens with one attached hydrogen (secondary N) is 1. The van der Waals surface area contributed by atoms with Crippen molar-refractivity contribution in [2.75, 3.05) is 6.61 Å². The Hall–Kier alpha value is -2.64. The van der Waals surface area contributed by atoms with E-state index in [9.17, 15) is 0 Å². The van der Waals surface area contributed by atoms with E-state index in [0.717, 1.165) is 11.1 Å². The van der Waals surface area contributed by atoms with Gasteiger partial charge >= 0.3 is 0 Å². The molecule has 2 aromatic rings. The predicted molar refractivity (Wildman–Crippen MR) is 110 cm³/mol. The normalized spacial score (nSPS) is 8.23. The van der Waals surface area contributed by atoms with Crippen LogP contribution in [0.2, 0.25) is 0 Å². The number of nitriles is 1. The van der Waals surface area contributed by atoms with E-state index in [1.165, 1.54) is 0 Å². The molecule has 2 rings (SSSR count). The van der Waals surface area contributed by atoms with Crippen molar-refractivity contribution in [3.63, 3.8) is 0 Å². The molecule has 0 amide bonds. The third kappa shape index (κ3) is 9.61. The summed E-state index contributed by atoms with van der Waals surface area (Å²) in [5, 5.41) is 25.6. The van der Waals surface area contributed by atoms with Gasteiger partial charge in [0.2, 0.25) is 0 Å². The summed E-state index contributed by atoms with van der Waals surface area (Å²) in [5.74, 6) is 0.653. The molecule has 4 nitrogen and oxygen atoms in total. The fourth-order valence-corrected chi connectivity index (χ4v) is 1.68. The molecular formula is C22H32N2O2. The van der Waals surface area contributed by atoms with Crippen LogP contribution in [0.25, 0.3) is 0 Å². The van der Waals surface area contributed by atoms with Gasteiger partial charge in [-0.3, -0.25) is 0 Å². The summed E-state index contributed by atoms with van der Waals surface area (Å²) in [6.45, 7) is 12.2. The molecule has 0 saturated carbocycles. The molecule has 0 bridgehead atoms. The SMILES string of the molecule is CC.CC.CC.N#Cc1ccc(C(=N)COc2ccc(CO)cc2)cc1. The van der Waals surface area contributed by atoms with Crippen molar-refractivity contribution >= 4 is 5.71 Å². The topological polar surface area (TPSA) is 77.1 Å². The lowest BCUT2D eigenvalue weighted by Gasteiger charge is -2.08. The van der Waals surface area contributed by atoms with E-state index in [1.807, 2.05) is 47.6 Å². The number of aliphatic hydroxyl groups excluding tert-OH is 1. The van der Waals surface area contributed by atoms with Crippen molar-refractivity contribution in [3.8, 4) is 11.8 Å². The van der Waals surface area contributed by atoms with E-state index in [2.05, 4.69) is 0 Å². The maximum atomic E-state index is 8.94. The Morgan fingerprint density at radius 1 is 0.923 bits per heavy atom. The Balaban J connectivity index is 0. The van der Waals surface area contributed by atoms with E-state index in [1.54, 1.807) is 48.5 Å². The van der Waals surface area contributed by atoms with Gasteiger partial charge in [-0.2, -0.15) is 5.26 Å². The zero-order chi connectivity index (χ0) is 20.4. The molecule has 0 heterocycles. The largest absolute Gasteiger partial charge is 0.487 e. The molecule has 26 heavy (non-hydrogen) atoms. The van der Waals surface area contributed by atoms with E-state index < -0.39 is 0 Å². The van der Waals surface area contributed by atoms with Gasteiger partial charge in [-0.05, 0) is 35.4 Å². The van der Waals surface area contributed by atoms with Crippen molar-refractivity contribution in [2.45, 2.75) is 48.1 Å². The minimum atomic E-state index is 0.00133. The molecule has 4 heteroatoms. The van der Waals surface area contributed by atoms with Gasteiger partial charge in [-0.1, -0.05) is 65.8 Å². The molecule has 2 aromatic carbocycles. The minimum absolute atomic E-state index is 0.00133. The van der Waals surface area contributed by atoms with E-state index in [-0.39, 0.29) is 13.2 Å². The average Bonchev–Trinajstić information content (AvgIpc) is 2.76. The Morgan fingerprint density at radius 2 is 1.42 bits per heavy atom. The molecule has 0 atom stereocenters. The Morgan fingerprint density at radius 3 is 1.85 bits per heavy atom. The first-order chi connectivity index (χ1) is 12.7. The van der Waals surface area contributed by atoms with Crippen LogP contribution in [0.5, 0.6) is 5.75 Å². The summed E-state index contributed by atoms with van der Waals surface area (Å²) in [7, 11) is 0. The quantitative estimate of drug-likeness (QED) is 0.687. The lowest BCUT2D eigenvalue weighted by Crippen LogP contribution is -2.11. The summed E-state index contributed by atoms with van der Waals surface area (Å²) in [4.78, 5) is 0. The van der Waals surface area contributed by atoms with E-state index >= 15 is 0 Å². The first-order valence-corrected chi connectivity index (χ1v) is 9.13. The monoisotopic (exact) mass is 356 g/mol. The number of aliphatic hydroxyl groups is 1. The van der Waals surface area contributed by atoms with E-state index in [4.69, 9.17) is 20.5 Å². The second-order valence-corrected chi connectivity index (χ2v) is 4.26. The molecule has 0 aliphatic rings. The molecule has 0 aromatic heterocycles. The van der Waals surface area contributed by atoms with Gasteiger partial charge in [0.15, 0.2) is 0 Å². The highest BCUT2D eigenvalue weighted by Crippen LogP contribution is 2.13. The lowest BCUT2D eigenvalue weighted by molar-refractivity contribution is 0.281. The summed E-state index contributed by atoms with van der Waals surface area (Å²) in [5.41, 5.74) is 2.47. The Kier molecular flexibility index (Phi) is 16.9. The van der Waals surface area contributed by atoms with Crippen LogP contribution in [0.3, 0.4) is 0 Å². The molecule has 0 aliphatic heterocycles. The number of nitrogens with zero attached hydrogens (tertiary/aromatic N) is 1. The van der Waals surface area contributed by atoms with Crippen LogP contribution in [0.4, 0.5) is 0 Å².